The number of phenols is 1. The summed E-state index contributed by atoms with van der Waals surface area (Å²) < 4.78 is 0. The Morgan fingerprint density at radius 3 is 2.35 bits per heavy atom. The fraction of sp³-hybridized carbons (Fsp3) is 0.600. The highest BCUT2D eigenvalue weighted by Crippen LogP contribution is 2.18. The van der Waals surface area contributed by atoms with Crippen molar-refractivity contribution in [3.8, 4) is 5.75 Å². The van der Waals surface area contributed by atoms with Crippen LogP contribution in [0.3, 0.4) is 0 Å². The molecule has 0 spiro atoms. The summed E-state index contributed by atoms with van der Waals surface area (Å²) in [6.45, 7) is 7.50. The van der Waals surface area contributed by atoms with E-state index in [0.717, 1.165) is 25.2 Å². The molecule has 1 rings (SSSR count). The maximum atomic E-state index is 9.76. The van der Waals surface area contributed by atoms with Gasteiger partial charge in [-0.25, -0.2) is 0 Å². The van der Waals surface area contributed by atoms with Gasteiger partial charge in [0.2, 0.25) is 0 Å². The molecule has 1 radical (unpaired) electrons. The molecular formula is C15H24NO. The molecule has 0 heterocycles. The van der Waals surface area contributed by atoms with E-state index in [1.807, 2.05) is 6.07 Å². The van der Waals surface area contributed by atoms with Crippen molar-refractivity contribution >= 4 is 0 Å². The van der Waals surface area contributed by atoms with Crippen molar-refractivity contribution < 1.29 is 5.11 Å². The zero-order valence-electron chi connectivity index (χ0n) is 11.1. The maximum absolute atomic E-state index is 9.76. The van der Waals surface area contributed by atoms with Crippen LogP contribution in [0, 0.1) is 6.07 Å². The highest BCUT2D eigenvalue weighted by molar-refractivity contribution is 5.30. The van der Waals surface area contributed by atoms with Gasteiger partial charge in [-0.05, 0) is 44.1 Å². The molecule has 0 saturated carbocycles. The highest BCUT2D eigenvalue weighted by atomic mass is 16.3. The Labute approximate surface area is 105 Å². The minimum absolute atomic E-state index is 0.391. The Hall–Kier alpha value is -1.02. The van der Waals surface area contributed by atoms with Crippen molar-refractivity contribution in [3.05, 3.63) is 29.8 Å². The van der Waals surface area contributed by atoms with E-state index in [0.29, 0.717) is 5.75 Å². The minimum Gasteiger partial charge on any atom is -0.508 e. The molecule has 0 aromatic heterocycles. The van der Waals surface area contributed by atoms with E-state index in [2.05, 4.69) is 24.8 Å². The number of nitrogens with zero attached hydrogens (tertiary/aromatic N) is 1. The van der Waals surface area contributed by atoms with Crippen LogP contribution in [-0.2, 0) is 6.54 Å². The molecule has 2 heteroatoms. The fourth-order valence-corrected chi connectivity index (χ4v) is 1.86. The molecule has 0 aliphatic rings. The van der Waals surface area contributed by atoms with Crippen molar-refractivity contribution in [2.24, 2.45) is 0 Å². The summed E-state index contributed by atoms with van der Waals surface area (Å²) in [5.41, 5.74) is 0.986. The third kappa shape index (κ3) is 5.22. The summed E-state index contributed by atoms with van der Waals surface area (Å²) in [4.78, 5) is 2.43. The number of rotatable bonds is 8. The molecule has 0 atom stereocenters. The van der Waals surface area contributed by atoms with Crippen LogP contribution in [0.25, 0.3) is 0 Å². The first kappa shape index (κ1) is 14.0. The molecule has 0 fully saturated rings. The van der Waals surface area contributed by atoms with Crippen LogP contribution >= 0.6 is 0 Å². The van der Waals surface area contributed by atoms with E-state index in [1.165, 1.54) is 25.7 Å². The van der Waals surface area contributed by atoms with Crippen LogP contribution in [0.2, 0.25) is 0 Å². The van der Waals surface area contributed by atoms with Crippen molar-refractivity contribution in [2.75, 3.05) is 13.1 Å². The van der Waals surface area contributed by atoms with Crippen LogP contribution in [0.15, 0.2) is 18.2 Å². The lowest BCUT2D eigenvalue weighted by atomic mass is 10.1. The zero-order chi connectivity index (χ0) is 12.5. The predicted molar refractivity (Wildman–Crippen MR) is 72.0 cm³/mol. The van der Waals surface area contributed by atoms with Gasteiger partial charge < -0.3 is 5.11 Å². The number of benzene rings is 1. The molecule has 0 unspecified atom stereocenters. The smallest absolute Gasteiger partial charge is 0.120 e. The van der Waals surface area contributed by atoms with Crippen molar-refractivity contribution in [2.45, 2.75) is 46.1 Å². The zero-order valence-corrected chi connectivity index (χ0v) is 11.1. The summed E-state index contributed by atoms with van der Waals surface area (Å²) in [5, 5.41) is 9.76. The first-order valence-electron chi connectivity index (χ1n) is 6.68. The number of unbranched alkanes of at least 4 members (excludes halogenated alkanes) is 2. The molecule has 1 aromatic rings. The predicted octanol–water partition coefficient (Wildman–Crippen LogP) is 3.59. The van der Waals surface area contributed by atoms with Gasteiger partial charge in [-0.2, -0.15) is 0 Å². The van der Waals surface area contributed by atoms with E-state index in [1.54, 1.807) is 12.1 Å². The van der Waals surface area contributed by atoms with Crippen molar-refractivity contribution in [3.63, 3.8) is 0 Å². The second kappa shape index (κ2) is 8.13. The number of hydrogen-bond donors (Lipinski definition) is 1. The third-order valence-electron chi connectivity index (χ3n) is 2.97. The van der Waals surface area contributed by atoms with E-state index in [4.69, 9.17) is 0 Å². The Kier molecular flexibility index (Phi) is 6.71. The standard InChI is InChI=1S/C15H24NO/c1-3-5-11-16(12-6-4-2)13-14-9-7-8-10-15(14)17/h8-10,17H,3-6,11-13H2,1-2H3. The monoisotopic (exact) mass is 234 g/mol. The number of aromatic hydroxyl groups is 1. The largest absolute Gasteiger partial charge is 0.508 e. The second-order valence-corrected chi connectivity index (χ2v) is 4.54. The van der Waals surface area contributed by atoms with Gasteiger partial charge in [0.1, 0.15) is 5.75 Å². The van der Waals surface area contributed by atoms with Crippen molar-refractivity contribution in [1.29, 1.82) is 0 Å². The van der Waals surface area contributed by atoms with Crippen molar-refractivity contribution in [1.82, 2.24) is 4.90 Å². The van der Waals surface area contributed by atoms with Gasteiger partial charge in [0, 0.05) is 12.1 Å². The van der Waals surface area contributed by atoms with Gasteiger partial charge >= 0.3 is 0 Å². The highest BCUT2D eigenvalue weighted by Gasteiger charge is 2.07. The quantitative estimate of drug-likeness (QED) is 0.743. The third-order valence-corrected chi connectivity index (χ3v) is 2.97. The van der Waals surface area contributed by atoms with E-state index in [-0.39, 0.29) is 0 Å². The molecule has 0 bridgehead atoms. The minimum atomic E-state index is 0.391. The summed E-state index contributed by atoms with van der Waals surface area (Å²) in [6, 6.07) is 8.39. The summed E-state index contributed by atoms with van der Waals surface area (Å²) in [6.07, 6.45) is 4.88. The molecule has 17 heavy (non-hydrogen) atoms. The molecule has 0 saturated heterocycles. The first-order valence-corrected chi connectivity index (χ1v) is 6.68. The summed E-state index contributed by atoms with van der Waals surface area (Å²) >= 11 is 0. The van der Waals surface area contributed by atoms with Crippen LogP contribution in [0.4, 0.5) is 0 Å². The van der Waals surface area contributed by atoms with Crippen LogP contribution in [-0.4, -0.2) is 23.1 Å². The molecule has 0 aliphatic heterocycles. The van der Waals surface area contributed by atoms with Crippen LogP contribution < -0.4 is 0 Å². The Morgan fingerprint density at radius 2 is 1.82 bits per heavy atom. The average molecular weight is 234 g/mol. The molecular weight excluding hydrogens is 210 g/mol. The van der Waals surface area contributed by atoms with Crippen LogP contribution in [0.5, 0.6) is 5.75 Å². The Bertz CT molecular complexity index is 304. The molecule has 95 valence electrons. The van der Waals surface area contributed by atoms with Gasteiger partial charge in [-0.3, -0.25) is 4.90 Å². The average Bonchev–Trinajstić information content (AvgIpc) is 2.35. The SMILES string of the molecule is CCCCN(CCCC)Cc1c[c]ccc1O. The lowest BCUT2D eigenvalue weighted by Gasteiger charge is -2.22. The molecule has 1 N–H and O–H groups in total. The maximum Gasteiger partial charge on any atom is 0.120 e. The van der Waals surface area contributed by atoms with Gasteiger partial charge in [-0.1, -0.05) is 32.8 Å². The van der Waals surface area contributed by atoms with E-state index < -0.39 is 0 Å². The number of phenolic OH excluding ortho intramolecular Hbond substituents is 1. The van der Waals surface area contributed by atoms with Crippen LogP contribution in [0.1, 0.15) is 45.1 Å². The van der Waals surface area contributed by atoms with Gasteiger partial charge in [-0.15, -0.1) is 0 Å². The lowest BCUT2D eigenvalue weighted by molar-refractivity contribution is 0.254. The lowest BCUT2D eigenvalue weighted by Crippen LogP contribution is -2.25. The molecule has 1 aromatic carbocycles. The van der Waals surface area contributed by atoms with E-state index in [9.17, 15) is 5.11 Å². The Balaban J connectivity index is 2.55. The van der Waals surface area contributed by atoms with Gasteiger partial charge in [0.05, 0.1) is 0 Å². The summed E-state index contributed by atoms with van der Waals surface area (Å²) in [7, 11) is 0. The van der Waals surface area contributed by atoms with E-state index >= 15 is 0 Å². The summed E-state index contributed by atoms with van der Waals surface area (Å²) in [5.74, 6) is 0.391. The first-order chi connectivity index (χ1) is 8.27. The van der Waals surface area contributed by atoms with Gasteiger partial charge in [0.25, 0.3) is 0 Å². The molecule has 0 amide bonds. The second-order valence-electron chi connectivity index (χ2n) is 4.54. The van der Waals surface area contributed by atoms with Gasteiger partial charge in [0.15, 0.2) is 0 Å². The fourth-order valence-electron chi connectivity index (χ4n) is 1.86. The topological polar surface area (TPSA) is 23.5 Å². The normalized spacial score (nSPS) is 11.0. The molecule has 2 nitrogen and oxygen atoms in total. The number of hydrogen-bond acceptors (Lipinski definition) is 2. The Morgan fingerprint density at radius 1 is 1.18 bits per heavy atom. The molecule has 0 aliphatic carbocycles.